The summed E-state index contributed by atoms with van der Waals surface area (Å²) in [5, 5.41) is 3.76. The van der Waals surface area contributed by atoms with E-state index in [0.717, 1.165) is 25.0 Å². The first kappa shape index (κ1) is 18.0. The number of hydrogen-bond donors (Lipinski definition) is 1. The first-order valence-electron chi connectivity index (χ1n) is 8.78. The molecular weight excluding hydrogens is 246 g/mol. The molecule has 1 fully saturated rings. The molecule has 2 heteroatoms. The normalized spacial score (nSPS) is 27.3. The summed E-state index contributed by atoms with van der Waals surface area (Å²) >= 11 is 0. The van der Waals surface area contributed by atoms with Crippen molar-refractivity contribution in [2.45, 2.75) is 85.8 Å². The zero-order valence-corrected chi connectivity index (χ0v) is 14.7. The van der Waals surface area contributed by atoms with E-state index in [2.05, 4.69) is 46.9 Å². The molecule has 4 atom stereocenters. The lowest BCUT2D eigenvalue weighted by Crippen LogP contribution is -2.53. The lowest BCUT2D eigenvalue weighted by atomic mass is 9.71. The van der Waals surface area contributed by atoms with Crippen LogP contribution in [0.5, 0.6) is 0 Å². The van der Waals surface area contributed by atoms with Gasteiger partial charge in [-0.05, 0) is 43.6 Å². The van der Waals surface area contributed by atoms with Crippen molar-refractivity contribution in [3.63, 3.8) is 0 Å². The van der Waals surface area contributed by atoms with Crippen LogP contribution in [-0.2, 0) is 4.74 Å². The lowest BCUT2D eigenvalue weighted by Gasteiger charge is -2.43. The fourth-order valence-electron chi connectivity index (χ4n) is 3.86. The molecule has 2 nitrogen and oxygen atoms in total. The Morgan fingerprint density at radius 2 is 1.85 bits per heavy atom. The highest BCUT2D eigenvalue weighted by atomic mass is 16.5. The monoisotopic (exact) mass is 283 g/mol. The molecule has 20 heavy (non-hydrogen) atoms. The summed E-state index contributed by atoms with van der Waals surface area (Å²) in [6.07, 6.45) is 7.23. The second kappa shape index (κ2) is 8.38. The van der Waals surface area contributed by atoms with Crippen molar-refractivity contribution in [2.75, 3.05) is 13.2 Å². The summed E-state index contributed by atoms with van der Waals surface area (Å²) < 4.78 is 6.18. The van der Waals surface area contributed by atoms with Gasteiger partial charge in [0.1, 0.15) is 0 Å². The maximum absolute atomic E-state index is 6.18. The second-order valence-corrected chi connectivity index (χ2v) is 7.53. The average Bonchev–Trinajstić information content (AvgIpc) is 2.41. The van der Waals surface area contributed by atoms with E-state index in [1.165, 1.54) is 32.1 Å². The Kier molecular flexibility index (Phi) is 7.53. The van der Waals surface area contributed by atoms with Crippen LogP contribution in [0.4, 0.5) is 0 Å². The van der Waals surface area contributed by atoms with Crippen molar-refractivity contribution in [3.8, 4) is 0 Å². The van der Waals surface area contributed by atoms with Gasteiger partial charge in [0.2, 0.25) is 0 Å². The number of nitrogens with one attached hydrogen (secondary N) is 1. The summed E-state index contributed by atoms with van der Waals surface area (Å²) in [6.45, 7) is 15.5. The third-order valence-electron chi connectivity index (χ3n) is 4.87. The third kappa shape index (κ3) is 5.04. The number of likely N-dealkylation sites (N-methyl/N-ethyl adjacent to an activating group) is 1. The van der Waals surface area contributed by atoms with Gasteiger partial charge < -0.3 is 10.1 Å². The Morgan fingerprint density at radius 3 is 2.35 bits per heavy atom. The van der Waals surface area contributed by atoms with E-state index < -0.39 is 0 Å². The molecule has 120 valence electrons. The first-order chi connectivity index (χ1) is 9.43. The highest BCUT2D eigenvalue weighted by Gasteiger charge is 2.38. The average molecular weight is 284 g/mol. The minimum atomic E-state index is 0.196. The van der Waals surface area contributed by atoms with Crippen LogP contribution in [0.15, 0.2) is 0 Å². The van der Waals surface area contributed by atoms with Gasteiger partial charge in [-0.2, -0.15) is 0 Å². The van der Waals surface area contributed by atoms with Crippen LogP contribution >= 0.6 is 0 Å². The standard InChI is InChI=1S/C18H37NO/c1-7-14-11-10-12-15(13-14)16(19-8-2)17(20-9-3)18(4,5)6/h14-17,19H,7-13H2,1-6H3. The van der Waals surface area contributed by atoms with Gasteiger partial charge in [0.25, 0.3) is 0 Å². The van der Waals surface area contributed by atoms with Crippen LogP contribution in [0.3, 0.4) is 0 Å². The molecule has 0 spiro atoms. The zero-order chi connectivity index (χ0) is 15.2. The van der Waals surface area contributed by atoms with Crippen LogP contribution in [0.2, 0.25) is 0 Å². The molecule has 4 unspecified atom stereocenters. The van der Waals surface area contributed by atoms with Gasteiger partial charge >= 0.3 is 0 Å². The summed E-state index contributed by atoms with van der Waals surface area (Å²) in [5.74, 6) is 1.71. The predicted molar refractivity (Wildman–Crippen MR) is 88.1 cm³/mol. The topological polar surface area (TPSA) is 21.3 Å². The van der Waals surface area contributed by atoms with Crippen LogP contribution in [0, 0.1) is 17.3 Å². The highest BCUT2D eigenvalue weighted by molar-refractivity contribution is 4.92. The Morgan fingerprint density at radius 1 is 1.15 bits per heavy atom. The first-order valence-corrected chi connectivity index (χ1v) is 8.78. The van der Waals surface area contributed by atoms with Gasteiger partial charge in [0.05, 0.1) is 6.10 Å². The molecule has 1 aliphatic rings. The molecule has 0 amide bonds. The molecule has 1 saturated carbocycles. The molecule has 0 radical (unpaired) electrons. The summed E-state index contributed by atoms with van der Waals surface area (Å²) in [6, 6.07) is 0.509. The molecular formula is C18H37NO. The predicted octanol–water partition coefficient (Wildman–Crippen LogP) is 4.63. The number of ether oxygens (including phenoxy) is 1. The van der Waals surface area contributed by atoms with Gasteiger partial charge in [-0.25, -0.2) is 0 Å². The molecule has 0 aliphatic heterocycles. The number of hydrogen-bond acceptors (Lipinski definition) is 2. The Hall–Kier alpha value is -0.0800. The van der Waals surface area contributed by atoms with E-state index in [4.69, 9.17) is 4.74 Å². The van der Waals surface area contributed by atoms with Crippen LogP contribution in [0.1, 0.15) is 73.6 Å². The molecule has 1 aliphatic carbocycles. The summed E-state index contributed by atoms with van der Waals surface area (Å²) in [5.41, 5.74) is 0.196. The van der Waals surface area contributed by atoms with Crippen molar-refractivity contribution in [3.05, 3.63) is 0 Å². The Bertz CT molecular complexity index is 259. The van der Waals surface area contributed by atoms with Gasteiger partial charge in [-0.1, -0.05) is 53.9 Å². The number of rotatable bonds is 7. The summed E-state index contributed by atoms with van der Waals surface area (Å²) in [7, 11) is 0. The van der Waals surface area contributed by atoms with Gasteiger partial charge in [0.15, 0.2) is 0 Å². The smallest absolute Gasteiger partial charge is 0.0778 e. The highest BCUT2D eigenvalue weighted by Crippen LogP contribution is 2.37. The maximum atomic E-state index is 6.18. The van der Waals surface area contributed by atoms with E-state index in [0.29, 0.717) is 12.1 Å². The van der Waals surface area contributed by atoms with E-state index in [9.17, 15) is 0 Å². The zero-order valence-electron chi connectivity index (χ0n) is 14.7. The van der Waals surface area contributed by atoms with Crippen molar-refractivity contribution < 1.29 is 4.74 Å². The molecule has 1 N–H and O–H groups in total. The van der Waals surface area contributed by atoms with Crippen molar-refractivity contribution in [2.24, 2.45) is 17.3 Å². The Balaban J connectivity index is 2.83. The molecule has 0 saturated heterocycles. The fraction of sp³-hybridized carbons (Fsp3) is 1.00. The molecule has 1 rings (SSSR count). The Labute approximate surface area is 127 Å². The quantitative estimate of drug-likeness (QED) is 0.735. The van der Waals surface area contributed by atoms with Gasteiger partial charge in [-0.15, -0.1) is 0 Å². The van der Waals surface area contributed by atoms with Crippen molar-refractivity contribution in [1.82, 2.24) is 5.32 Å². The molecule has 0 aromatic heterocycles. The maximum Gasteiger partial charge on any atom is 0.0778 e. The molecule has 0 aromatic rings. The summed E-state index contributed by atoms with van der Waals surface area (Å²) in [4.78, 5) is 0. The van der Waals surface area contributed by atoms with Crippen molar-refractivity contribution >= 4 is 0 Å². The second-order valence-electron chi connectivity index (χ2n) is 7.53. The SMILES string of the molecule is CCNC(C1CCCC(CC)C1)C(OCC)C(C)(C)C. The molecule has 0 bridgehead atoms. The van der Waals surface area contributed by atoms with Gasteiger partial charge in [-0.3, -0.25) is 0 Å². The van der Waals surface area contributed by atoms with Crippen molar-refractivity contribution in [1.29, 1.82) is 0 Å². The molecule has 0 aromatic carbocycles. The van der Waals surface area contributed by atoms with E-state index in [1.807, 2.05) is 0 Å². The van der Waals surface area contributed by atoms with Crippen LogP contribution in [0.25, 0.3) is 0 Å². The molecule has 0 heterocycles. The largest absolute Gasteiger partial charge is 0.376 e. The van der Waals surface area contributed by atoms with E-state index in [1.54, 1.807) is 0 Å². The van der Waals surface area contributed by atoms with Crippen LogP contribution < -0.4 is 5.32 Å². The fourth-order valence-corrected chi connectivity index (χ4v) is 3.86. The third-order valence-corrected chi connectivity index (χ3v) is 4.87. The minimum absolute atomic E-state index is 0.196. The van der Waals surface area contributed by atoms with E-state index >= 15 is 0 Å². The van der Waals surface area contributed by atoms with Gasteiger partial charge in [0, 0.05) is 12.6 Å². The van der Waals surface area contributed by atoms with E-state index in [-0.39, 0.29) is 5.41 Å². The van der Waals surface area contributed by atoms with Crippen LogP contribution in [-0.4, -0.2) is 25.3 Å². The lowest BCUT2D eigenvalue weighted by molar-refractivity contribution is -0.0546. The minimum Gasteiger partial charge on any atom is -0.376 e.